The van der Waals surface area contributed by atoms with E-state index in [0.29, 0.717) is 6.61 Å². The van der Waals surface area contributed by atoms with Crippen molar-refractivity contribution in [1.82, 2.24) is 0 Å². The Kier molecular flexibility index (Phi) is 4.87. The van der Waals surface area contributed by atoms with Crippen LogP contribution >= 0.6 is 0 Å². The average molecular weight is 177 g/mol. The molecule has 13 heavy (non-hydrogen) atoms. The molecule has 0 aromatic heterocycles. The van der Waals surface area contributed by atoms with Gasteiger partial charge in [0.05, 0.1) is 6.61 Å². The Balaban J connectivity index is 2.10. The van der Waals surface area contributed by atoms with Crippen molar-refractivity contribution in [3.63, 3.8) is 0 Å². The lowest BCUT2D eigenvalue weighted by Gasteiger charge is -2.02. The van der Waals surface area contributed by atoms with E-state index in [-0.39, 0.29) is 0 Å². The number of rotatable bonds is 6. The highest BCUT2D eigenvalue weighted by Crippen LogP contribution is 2.00. The standard InChI is InChI=1S/C11H15NO/c12-8-4-5-9-13-10-11-6-2-1-3-7-11/h1-3,6-8,12H,4-5,9-10H2. The first-order chi connectivity index (χ1) is 6.43. The van der Waals surface area contributed by atoms with Gasteiger partial charge in [-0.1, -0.05) is 30.3 Å². The van der Waals surface area contributed by atoms with Crippen LogP contribution in [0.5, 0.6) is 0 Å². The highest BCUT2D eigenvalue weighted by molar-refractivity contribution is 5.52. The summed E-state index contributed by atoms with van der Waals surface area (Å²) in [4.78, 5) is 0. The smallest absolute Gasteiger partial charge is 0.0716 e. The molecule has 0 saturated carbocycles. The highest BCUT2D eigenvalue weighted by Gasteiger charge is 1.90. The molecule has 0 radical (unpaired) electrons. The van der Waals surface area contributed by atoms with Crippen molar-refractivity contribution in [2.24, 2.45) is 0 Å². The van der Waals surface area contributed by atoms with Gasteiger partial charge in [0.15, 0.2) is 0 Å². The van der Waals surface area contributed by atoms with E-state index in [4.69, 9.17) is 10.1 Å². The Morgan fingerprint density at radius 2 is 2.00 bits per heavy atom. The van der Waals surface area contributed by atoms with Gasteiger partial charge in [0, 0.05) is 6.61 Å². The van der Waals surface area contributed by atoms with Crippen LogP contribution in [0.15, 0.2) is 30.3 Å². The molecule has 1 N–H and O–H groups in total. The highest BCUT2D eigenvalue weighted by atomic mass is 16.5. The molecule has 0 atom stereocenters. The molecule has 0 unspecified atom stereocenters. The molecule has 0 heterocycles. The van der Waals surface area contributed by atoms with E-state index in [1.807, 2.05) is 18.2 Å². The average Bonchev–Trinajstić information content (AvgIpc) is 2.19. The lowest BCUT2D eigenvalue weighted by atomic mass is 10.2. The summed E-state index contributed by atoms with van der Waals surface area (Å²) in [7, 11) is 0. The summed E-state index contributed by atoms with van der Waals surface area (Å²) >= 11 is 0. The largest absolute Gasteiger partial charge is 0.377 e. The van der Waals surface area contributed by atoms with Gasteiger partial charge in [0.1, 0.15) is 0 Å². The third-order valence-corrected chi connectivity index (χ3v) is 1.75. The van der Waals surface area contributed by atoms with Gasteiger partial charge in [-0.2, -0.15) is 0 Å². The van der Waals surface area contributed by atoms with Gasteiger partial charge >= 0.3 is 0 Å². The molecule has 1 rings (SSSR count). The maximum atomic E-state index is 6.82. The molecule has 1 aromatic rings. The van der Waals surface area contributed by atoms with Gasteiger partial charge in [-0.05, 0) is 24.6 Å². The van der Waals surface area contributed by atoms with Gasteiger partial charge in [-0.3, -0.25) is 0 Å². The van der Waals surface area contributed by atoms with E-state index in [1.54, 1.807) is 0 Å². The number of unbranched alkanes of at least 4 members (excludes halogenated alkanes) is 1. The Morgan fingerprint density at radius 3 is 2.69 bits per heavy atom. The topological polar surface area (TPSA) is 33.1 Å². The van der Waals surface area contributed by atoms with Gasteiger partial charge in [0.2, 0.25) is 0 Å². The lowest BCUT2D eigenvalue weighted by Crippen LogP contribution is -1.95. The second kappa shape index (κ2) is 6.38. The van der Waals surface area contributed by atoms with E-state index >= 15 is 0 Å². The zero-order valence-electron chi connectivity index (χ0n) is 7.70. The summed E-state index contributed by atoms with van der Waals surface area (Å²) in [6.07, 6.45) is 3.18. The molecule has 2 nitrogen and oxygen atoms in total. The van der Waals surface area contributed by atoms with Crippen molar-refractivity contribution >= 4 is 6.21 Å². The molecular weight excluding hydrogens is 162 g/mol. The fourth-order valence-electron chi connectivity index (χ4n) is 1.05. The number of benzene rings is 1. The molecular formula is C11H15NO. The second-order valence-electron chi connectivity index (χ2n) is 2.88. The SMILES string of the molecule is N=CCCCOCc1ccccc1. The van der Waals surface area contributed by atoms with Crippen LogP contribution in [0.2, 0.25) is 0 Å². The number of hydrogen-bond acceptors (Lipinski definition) is 2. The molecule has 0 aliphatic carbocycles. The molecule has 0 bridgehead atoms. The summed E-state index contributed by atoms with van der Waals surface area (Å²) in [6, 6.07) is 10.1. The first-order valence-corrected chi connectivity index (χ1v) is 4.54. The van der Waals surface area contributed by atoms with Crippen molar-refractivity contribution in [3.8, 4) is 0 Å². The van der Waals surface area contributed by atoms with Crippen LogP contribution < -0.4 is 0 Å². The fourth-order valence-corrected chi connectivity index (χ4v) is 1.05. The zero-order chi connectivity index (χ0) is 9.36. The van der Waals surface area contributed by atoms with Crippen molar-refractivity contribution in [1.29, 1.82) is 5.41 Å². The maximum absolute atomic E-state index is 6.82. The molecule has 0 spiro atoms. The quantitative estimate of drug-likeness (QED) is 0.526. The third kappa shape index (κ3) is 4.43. The van der Waals surface area contributed by atoms with E-state index in [9.17, 15) is 0 Å². The van der Waals surface area contributed by atoms with Crippen LogP contribution in [-0.4, -0.2) is 12.8 Å². The van der Waals surface area contributed by atoms with Crippen LogP contribution in [0, 0.1) is 5.41 Å². The van der Waals surface area contributed by atoms with E-state index in [0.717, 1.165) is 19.4 Å². The van der Waals surface area contributed by atoms with Crippen LogP contribution in [0.1, 0.15) is 18.4 Å². The summed E-state index contributed by atoms with van der Waals surface area (Å²) in [6.45, 7) is 1.42. The minimum absolute atomic E-state index is 0.679. The monoisotopic (exact) mass is 177 g/mol. The molecule has 0 aliphatic heterocycles. The molecule has 0 amide bonds. The van der Waals surface area contributed by atoms with Crippen molar-refractivity contribution in [3.05, 3.63) is 35.9 Å². The van der Waals surface area contributed by atoms with E-state index < -0.39 is 0 Å². The molecule has 0 fully saturated rings. The first kappa shape index (κ1) is 9.93. The Morgan fingerprint density at radius 1 is 1.23 bits per heavy atom. The van der Waals surface area contributed by atoms with E-state index in [1.165, 1.54) is 11.8 Å². The zero-order valence-corrected chi connectivity index (χ0v) is 7.70. The third-order valence-electron chi connectivity index (χ3n) is 1.75. The summed E-state index contributed by atoms with van der Waals surface area (Å²) in [5.74, 6) is 0. The minimum atomic E-state index is 0.679. The Bertz CT molecular complexity index is 233. The lowest BCUT2D eigenvalue weighted by molar-refractivity contribution is 0.120. The van der Waals surface area contributed by atoms with Crippen molar-refractivity contribution in [2.75, 3.05) is 6.61 Å². The number of nitrogens with one attached hydrogen (secondary N) is 1. The maximum Gasteiger partial charge on any atom is 0.0716 e. The van der Waals surface area contributed by atoms with Gasteiger partial charge < -0.3 is 10.1 Å². The number of hydrogen-bond donors (Lipinski definition) is 1. The summed E-state index contributed by atoms with van der Waals surface area (Å²) < 4.78 is 5.42. The molecule has 0 saturated heterocycles. The van der Waals surface area contributed by atoms with Crippen molar-refractivity contribution < 1.29 is 4.74 Å². The minimum Gasteiger partial charge on any atom is -0.377 e. The van der Waals surface area contributed by atoms with Gasteiger partial charge in [-0.15, -0.1) is 0 Å². The second-order valence-corrected chi connectivity index (χ2v) is 2.88. The molecule has 70 valence electrons. The summed E-state index contributed by atoms with van der Waals surface area (Å²) in [5, 5.41) is 6.82. The van der Waals surface area contributed by atoms with Crippen LogP contribution in [0.4, 0.5) is 0 Å². The predicted octanol–water partition coefficient (Wildman–Crippen LogP) is 2.63. The molecule has 1 aromatic carbocycles. The first-order valence-electron chi connectivity index (χ1n) is 4.54. The van der Waals surface area contributed by atoms with E-state index in [2.05, 4.69) is 12.1 Å². The van der Waals surface area contributed by atoms with Crippen LogP contribution in [0.3, 0.4) is 0 Å². The molecule has 2 heteroatoms. The fraction of sp³-hybridized carbons (Fsp3) is 0.364. The predicted molar refractivity (Wildman–Crippen MR) is 54.1 cm³/mol. The Labute approximate surface area is 79.1 Å². The van der Waals surface area contributed by atoms with Crippen LogP contribution in [0.25, 0.3) is 0 Å². The van der Waals surface area contributed by atoms with Gasteiger partial charge in [-0.25, -0.2) is 0 Å². The normalized spacial score (nSPS) is 9.85. The Hall–Kier alpha value is -1.15. The van der Waals surface area contributed by atoms with Gasteiger partial charge in [0.25, 0.3) is 0 Å². The number of ether oxygens (including phenoxy) is 1. The summed E-state index contributed by atoms with van der Waals surface area (Å²) in [5.41, 5.74) is 1.21. The van der Waals surface area contributed by atoms with Crippen molar-refractivity contribution in [2.45, 2.75) is 19.4 Å². The van der Waals surface area contributed by atoms with Crippen LogP contribution in [-0.2, 0) is 11.3 Å². The molecule has 0 aliphatic rings.